The highest BCUT2D eigenvalue weighted by molar-refractivity contribution is 9.10. The molecule has 0 amide bonds. The Morgan fingerprint density at radius 3 is 2.66 bits per heavy atom. The molecule has 1 aliphatic heterocycles. The molecule has 0 aliphatic carbocycles. The van der Waals surface area contributed by atoms with Crippen LogP contribution in [0, 0.1) is 5.82 Å². The third-order valence-corrected chi connectivity index (χ3v) is 6.36. The number of esters is 2. The SMILES string of the molecule is CCOC(=O)C1=C(C)NC(c2nc(C(C)C(=O)OCC)cs2)=NC1c1ccc(F)cc1Br. The first kappa shape index (κ1) is 24.1. The zero-order valence-corrected chi connectivity index (χ0v) is 20.5. The van der Waals surface area contributed by atoms with Crippen molar-refractivity contribution in [2.24, 2.45) is 4.99 Å². The van der Waals surface area contributed by atoms with Crippen LogP contribution in [0.5, 0.6) is 0 Å². The number of carbonyl (C=O) groups excluding carboxylic acids is 2. The molecule has 2 atom stereocenters. The van der Waals surface area contributed by atoms with E-state index in [2.05, 4.69) is 26.2 Å². The summed E-state index contributed by atoms with van der Waals surface area (Å²) in [6.07, 6.45) is 0. The molecule has 1 aliphatic rings. The van der Waals surface area contributed by atoms with E-state index in [1.807, 2.05) is 0 Å². The number of amidine groups is 1. The first-order chi connectivity index (χ1) is 15.3. The predicted molar refractivity (Wildman–Crippen MR) is 123 cm³/mol. The number of aromatic nitrogens is 1. The average Bonchev–Trinajstić information content (AvgIpc) is 3.23. The molecule has 0 saturated carbocycles. The Labute approximate surface area is 197 Å². The summed E-state index contributed by atoms with van der Waals surface area (Å²) in [5.41, 5.74) is 2.08. The van der Waals surface area contributed by atoms with Crippen molar-refractivity contribution in [3.8, 4) is 0 Å². The van der Waals surface area contributed by atoms with Crippen molar-refractivity contribution >= 4 is 45.0 Å². The van der Waals surface area contributed by atoms with Gasteiger partial charge in [-0.1, -0.05) is 22.0 Å². The molecule has 3 rings (SSSR count). The van der Waals surface area contributed by atoms with Crippen molar-refractivity contribution < 1.29 is 23.5 Å². The van der Waals surface area contributed by atoms with Gasteiger partial charge in [0.2, 0.25) is 0 Å². The van der Waals surface area contributed by atoms with Gasteiger partial charge < -0.3 is 14.8 Å². The van der Waals surface area contributed by atoms with Gasteiger partial charge in [-0.2, -0.15) is 0 Å². The molecule has 1 aromatic carbocycles. The molecule has 2 aromatic rings. The number of carbonyl (C=O) groups is 2. The van der Waals surface area contributed by atoms with Gasteiger partial charge in [0, 0.05) is 15.5 Å². The van der Waals surface area contributed by atoms with Crippen LogP contribution >= 0.6 is 27.3 Å². The maximum absolute atomic E-state index is 13.7. The number of nitrogens with zero attached hydrogens (tertiary/aromatic N) is 2. The molecule has 2 heterocycles. The molecule has 0 bridgehead atoms. The molecule has 1 aromatic heterocycles. The molecule has 2 unspecified atom stereocenters. The third-order valence-electron chi connectivity index (χ3n) is 4.80. The van der Waals surface area contributed by atoms with Gasteiger partial charge in [0.1, 0.15) is 11.9 Å². The summed E-state index contributed by atoms with van der Waals surface area (Å²) in [7, 11) is 0. The van der Waals surface area contributed by atoms with Crippen molar-refractivity contribution in [3.05, 3.63) is 61.4 Å². The molecular formula is C22H23BrFN3O4S. The summed E-state index contributed by atoms with van der Waals surface area (Å²) in [6.45, 7) is 7.47. The molecule has 10 heteroatoms. The summed E-state index contributed by atoms with van der Waals surface area (Å²) in [4.78, 5) is 34.0. The number of thiazole rings is 1. The van der Waals surface area contributed by atoms with Gasteiger partial charge in [-0.05, 0) is 45.4 Å². The number of aliphatic imine (C=N–C) groups is 1. The largest absolute Gasteiger partial charge is 0.465 e. The standard InChI is InChI=1S/C22H23BrFN3O4S/c1-5-30-21(28)11(3)16-10-32-20(26-16)19-25-12(4)17(22(29)31-6-2)18(27-19)14-8-7-13(24)9-15(14)23/h7-11,18H,5-6H2,1-4H3,(H,25,27). The van der Waals surface area contributed by atoms with Gasteiger partial charge in [-0.25, -0.2) is 14.2 Å². The average molecular weight is 524 g/mol. The van der Waals surface area contributed by atoms with Gasteiger partial charge in [0.25, 0.3) is 0 Å². The van der Waals surface area contributed by atoms with Gasteiger partial charge in [0.15, 0.2) is 10.8 Å². The summed E-state index contributed by atoms with van der Waals surface area (Å²) in [5, 5.41) is 5.47. The summed E-state index contributed by atoms with van der Waals surface area (Å²) in [6, 6.07) is 3.50. The number of halogens is 2. The van der Waals surface area contributed by atoms with Crippen LogP contribution in [0.25, 0.3) is 0 Å². The fourth-order valence-corrected chi connectivity index (χ4v) is 4.62. The van der Waals surface area contributed by atoms with Gasteiger partial charge in [0.05, 0.1) is 30.4 Å². The smallest absolute Gasteiger partial charge is 0.338 e. The maximum atomic E-state index is 13.7. The number of hydrogen-bond donors (Lipinski definition) is 1. The first-order valence-corrected chi connectivity index (χ1v) is 11.7. The highest BCUT2D eigenvalue weighted by atomic mass is 79.9. The minimum atomic E-state index is -0.727. The minimum absolute atomic E-state index is 0.213. The number of allylic oxidation sites excluding steroid dienone is 1. The lowest BCUT2D eigenvalue weighted by molar-refractivity contribution is -0.144. The Kier molecular flexibility index (Phi) is 7.78. The van der Waals surface area contributed by atoms with E-state index >= 15 is 0 Å². The highest BCUT2D eigenvalue weighted by Gasteiger charge is 2.33. The maximum Gasteiger partial charge on any atom is 0.338 e. The Bertz CT molecular complexity index is 1100. The summed E-state index contributed by atoms with van der Waals surface area (Å²) in [5.74, 6) is -1.33. The topological polar surface area (TPSA) is 89.9 Å². The Morgan fingerprint density at radius 2 is 2.00 bits per heavy atom. The first-order valence-electron chi connectivity index (χ1n) is 10.1. The molecule has 1 N–H and O–H groups in total. The Balaban J connectivity index is 2.02. The molecule has 0 fully saturated rings. The quantitative estimate of drug-likeness (QED) is 0.531. The fourth-order valence-electron chi connectivity index (χ4n) is 3.19. The van der Waals surface area contributed by atoms with Crippen LogP contribution in [0.3, 0.4) is 0 Å². The summed E-state index contributed by atoms with van der Waals surface area (Å²) >= 11 is 4.70. The van der Waals surface area contributed by atoms with Crippen molar-refractivity contribution in [3.63, 3.8) is 0 Å². The van der Waals surface area contributed by atoms with E-state index in [4.69, 9.17) is 14.5 Å². The lowest BCUT2D eigenvalue weighted by atomic mass is 9.96. The van der Waals surface area contributed by atoms with Crippen LogP contribution in [0.2, 0.25) is 0 Å². The van der Waals surface area contributed by atoms with Crippen molar-refractivity contribution in [2.75, 3.05) is 13.2 Å². The van der Waals surface area contributed by atoms with Crippen molar-refractivity contribution in [2.45, 2.75) is 39.7 Å². The number of hydrogen-bond acceptors (Lipinski definition) is 8. The van der Waals surface area contributed by atoms with Crippen LogP contribution in [0.15, 0.2) is 44.3 Å². The molecular weight excluding hydrogens is 501 g/mol. The van der Waals surface area contributed by atoms with Gasteiger partial charge in [-0.3, -0.25) is 9.79 Å². The summed E-state index contributed by atoms with van der Waals surface area (Å²) < 4.78 is 24.5. The van der Waals surface area contributed by atoms with Gasteiger partial charge >= 0.3 is 11.9 Å². The normalized spacial score (nSPS) is 16.8. The van der Waals surface area contributed by atoms with E-state index < -0.39 is 23.7 Å². The molecule has 170 valence electrons. The van der Waals surface area contributed by atoms with E-state index in [9.17, 15) is 14.0 Å². The zero-order chi connectivity index (χ0) is 23.4. The molecule has 7 nitrogen and oxygen atoms in total. The van der Waals surface area contributed by atoms with Crippen molar-refractivity contribution in [1.82, 2.24) is 10.3 Å². The Morgan fingerprint density at radius 1 is 1.28 bits per heavy atom. The lowest BCUT2D eigenvalue weighted by Crippen LogP contribution is -2.33. The predicted octanol–water partition coefficient (Wildman–Crippen LogP) is 4.64. The van der Waals surface area contributed by atoms with Crippen LogP contribution < -0.4 is 5.32 Å². The highest BCUT2D eigenvalue weighted by Crippen LogP contribution is 2.37. The monoisotopic (exact) mass is 523 g/mol. The lowest BCUT2D eigenvalue weighted by Gasteiger charge is -2.26. The number of nitrogens with one attached hydrogen (secondary N) is 1. The molecule has 32 heavy (non-hydrogen) atoms. The molecule has 0 saturated heterocycles. The van der Waals surface area contributed by atoms with E-state index in [1.54, 1.807) is 39.1 Å². The van der Waals surface area contributed by atoms with Crippen LogP contribution in [-0.4, -0.2) is 36.0 Å². The number of benzene rings is 1. The van der Waals surface area contributed by atoms with Crippen LogP contribution in [-0.2, 0) is 19.1 Å². The second-order valence-electron chi connectivity index (χ2n) is 6.98. The fraction of sp³-hybridized carbons (Fsp3) is 0.364. The zero-order valence-electron chi connectivity index (χ0n) is 18.1. The number of ether oxygens (including phenoxy) is 2. The van der Waals surface area contributed by atoms with Crippen LogP contribution in [0.1, 0.15) is 55.9 Å². The van der Waals surface area contributed by atoms with Crippen LogP contribution in [0.4, 0.5) is 4.39 Å². The third kappa shape index (κ3) is 5.07. The second-order valence-corrected chi connectivity index (χ2v) is 8.69. The number of rotatable bonds is 7. The molecule has 0 spiro atoms. The van der Waals surface area contributed by atoms with E-state index in [-0.39, 0.29) is 12.6 Å². The van der Waals surface area contributed by atoms with E-state index in [0.717, 1.165) is 0 Å². The minimum Gasteiger partial charge on any atom is -0.465 e. The van der Waals surface area contributed by atoms with E-state index in [1.165, 1.54) is 23.5 Å². The van der Waals surface area contributed by atoms with Gasteiger partial charge in [-0.15, -0.1) is 11.3 Å². The van der Waals surface area contributed by atoms with E-state index in [0.29, 0.717) is 44.5 Å². The second kappa shape index (κ2) is 10.4. The Hall–Kier alpha value is -2.59. The molecule has 0 radical (unpaired) electrons. The van der Waals surface area contributed by atoms with Crippen molar-refractivity contribution in [1.29, 1.82) is 0 Å².